The number of aliphatic hydroxyl groups is 9. The van der Waals surface area contributed by atoms with E-state index in [9.17, 15) is 46.0 Å². The van der Waals surface area contributed by atoms with Crippen LogP contribution in [0.1, 0.15) is 93.9 Å². The van der Waals surface area contributed by atoms with Crippen LogP contribution in [0, 0.1) is 45.3 Å². The Morgan fingerprint density at radius 3 is 1.93 bits per heavy atom. The minimum absolute atomic E-state index is 0.107. The number of aliphatic hydroxyl groups excluding tert-OH is 9. The number of methoxy groups -OCH3 is 1. The second kappa shape index (κ2) is 16.7. The predicted octanol–water partition coefficient (Wildman–Crippen LogP) is 1.55. The molecule has 2 aliphatic heterocycles. The number of ether oxygens (including phenoxy) is 5. The van der Waals surface area contributed by atoms with Crippen molar-refractivity contribution in [2.75, 3.05) is 20.3 Å². The Kier molecular flexibility index (Phi) is 13.3. The summed E-state index contributed by atoms with van der Waals surface area (Å²) in [6.45, 7) is 16.3. The zero-order valence-corrected chi connectivity index (χ0v) is 35.3. The molecule has 3 saturated carbocycles. The van der Waals surface area contributed by atoms with Gasteiger partial charge in [0.2, 0.25) is 0 Å². The van der Waals surface area contributed by atoms with Crippen LogP contribution in [0.2, 0.25) is 0 Å². The fourth-order valence-corrected chi connectivity index (χ4v) is 12.8. The van der Waals surface area contributed by atoms with Crippen molar-refractivity contribution in [2.45, 2.75) is 180 Å². The Morgan fingerprint density at radius 2 is 1.37 bits per heavy atom. The maximum Gasteiger partial charge on any atom is 0.187 e. The zero-order chi connectivity index (χ0) is 42.2. The molecule has 0 amide bonds. The molecule has 0 unspecified atom stereocenters. The van der Waals surface area contributed by atoms with Crippen LogP contribution in [0.15, 0.2) is 23.3 Å². The lowest BCUT2D eigenvalue weighted by Gasteiger charge is -2.67. The molecule has 5 fully saturated rings. The Morgan fingerprint density at radius 1 is 0.789 bits per heavy atom. The van der Waals surface area contributed by atoms with Crippen molar-refractivity contribution < 1.29 is 69.6 Å². The number of allylic oxidation sites excluding steroid dienone is 1. The van der Waals surface area contributed by atoms with E-state index in [1.54, 1.807) is 13.2 Å². The predicted molar refractivity (Wildman–Crippen MR) is 207 cm³/mol. The van der Waals surface area contributed by atoms with Crippen molar-refractivity contribution in [3.05, 3.63) is 23.3 Å². The van der Waals surface area contributed by atoms with Gasteiger partial charge < -0.3 is 69.6 Å². The Balaban J connectivity index is 1.25. The molecule has 21 atom stereocenters. The normalized spacial score (nSPS) is 49.8. The number of rotatable bonds is 11. The van der Waals surface area contributed by atoms with Gasteiger partial charge in [-0.05, 0) is 86.4 Å². The molecular weight excluding hydrogens is 740 g/mol. The highest BCUT2D eigenvalue weighted by atomic mass is 16.7. The third-order valence-corrected chi connectivity index (χ3v) is 16.4. The molecule has 9 N–H and O–H groups in total. The van der Waals surface area contributed by atoms with Crippen LogP contribution in [-0.2, 0) is 23.7 Å². The molecule has 4 aliphatic carbocycles. The molecule has 2 heterocycles. The number of hydrogen-bond acceptors (Lipinski definition) is 14. The number of fused-ring (bicyclic) bond motifs is 5. The Bertz CT molecular complexity index is 1460. The van der Waals surface area contributed by atoms with Gasteiger partial charge in [-0.2, -0.15) is 0 Å². The zero-order valence-electron chi connectivity index (χ0n) is 35.3. The summed E-state index contributed by atoms with van der Waals surface area (Å²) in [7, 11) is 1.77. The minimum atomic E-state index is -1.59. The molecule has 0 aromatic carbocycles. The van der Waals surface area contributed by atoms with Crippen LogP contribution >= 0.6 is 0 Å². The van der Waals surface area contributed by atoms with Crippen molar-refractivity contribution in [1.29, 1.82) is 0 Å². The molecule has 6 rings (SSSR count). The molecule has 0 spiro atoms. The number of hydrogen-bond donors (Lipinski definition) is 9. The largest absolute Gasteiger partial charge is 0.394 e. The van der Waals surface area contributed by atoms with Crippen molar-refractivity contribution >= 4 is 0 Å². The van der Waals surface area contributed by atoms with Crippen LogP contribution in [0.5, 0.6) is 0 Å². The van der Waals surface area contributed by atoms with Gasteiger partial charge in [0.25, 0.3) is 0 Å². The van der Waals surface area contributed by atoms with E-state index >= 15 is 0 Å². The Labute approximate surface area is 337 Å². The third kappa shape index (κ3) is 7.43. The molecular formula is C43H72O14. The molecule has 328 valence electrons. The quantitative estimate of drug-likeness (QED) is 0.135. The summed E-state index contributed by atoms with van der Waals surface area (Å²) in [5, 5.41) is 94.9. The standard InChI is InChI=1S/C43H72O14/c1-20(2)16-25(54-38-35(51)33(49)31(47)27(18-44)55-38)30(46)21(3)22-12-13-43(8)37-26(53-9)17-24-23(41(37,6)14-15-42(22,43)7)10-11-29(40(24,4)5)57-39-36(52)34(50)32(48)28(19-45)56-39/h16-17,21-23,25-39,44-52H,10-15,18-19H2,1-9H3/t21-,22-,23-,25+,26-,27+,28+,29-,30-,31+,32+,33+,34+,35+,36+,37+,38+,39-,41-,42+,43-/m0/s1. The first-order chi connectivity index (χ1) is 26.6. The van der Waals surface area contributed by atoms with Gasteiger partial charge in [0.1, 0.15) is 54.9 Å². The first kappa shape index (κ1) is 45.4. The van der Waals surface area contributed by atoms with Gasteiger partial charge in [0, 0.05) is 18.4 Å². The maximum absolute atomic E-state index is 12.2. The summed E-state index contributed by atoms with van der Waals surface area (Å²) in [5.41, 5.74) is 1.16. The molecule has 14 nitrogen and oxygen atoms in total. The molecule has 57 heavy (non-hydrogen) atoms. The first-order valence-electron chi connectivity index (χ1n) is 21.1. The molecule has 2 saturated heterocycles. The highest BCUT2D eigenvalue weighted by molar-refractivity contribution is 5.33. The Hall–Kier alpha value is -1.08. The van der Waals surface area contributed by atoms with E-state index in [2.05, 4.69) is 47.6 Å². The summed E-state index contributed by atoms with van der Waals surface area (Å²) < 4.78 is 30.6. The van der Waals surface area contributed by atoms with Crippen LogP contribution in [0.4, 0.5) is 0 Å². The highest BCUT2D eigenvalue weighted by Crippen LogP contribution is 2.75. The summed E-state index contributed by atoms with van der Waals surface area (Å²) in [6.07, 6.45) is -7.08. The fourth-order valence-electron chi connectivity index (χ4n) is 12.8. The summed E-state index contributed by atoms with van der Waals surface area (Å²) in [4.78, 5) is 0. The molecule has 6 aliphatic rings. The lowest BCUT2D eigenvalue weighted by molar-refractivity contribution is -0.320. The van der Waals surface area contributed by atoms with E-state index in [0.717, 1.165) is 37.7 Å². The minimum Gasteiger partial charge on any atom is -0.394 e. The van der Waals surface area contributed by atoms with Crippen molar-refractivity contribution in [1.82, 2.24) is 0 Å². The average Bonchev–Trinajstić information content (AvgIpc) is 3.44. The smallest absolute Gasteiger partial charge is 0.187 e. The SMILES string of the molecule is CO[C@H]1C=C2[C@H](CC[C@H](O[C@@H]3O[C@H](CO)[C@@H](O)[C@@H](O)[C@H]3O)C2(C)C)[C@]2(C)CC[C@]3(C)[C@H]([C@H](C)[C@H](O)[C@@H](C=C(C)C)O[C@@H]4O[C@H](CO)[C@@H](O)[C@@H](O)[C@H]4O)CC[C@@]3(C)[C@H]12. The van der Waals surface area contributed by atoms with Crippen molar-refractivity contribution in [3.8, 4) is 0 Å². The molecule has 0 bridgehead atoms. The lowest BCUT2D eigenvalue weighted by atomic mass is 9.38. The summed E-state index contributed by atoms with van der Waals surface area (Å²) in [5.74, 6) is 0.261. The van der Waals surface area contributed by atoms with E-state index < -0.39 is 92.2 Å². The van der Waals surface area contributed by atoms with E-state index in [1.165, 1.54) is 5.57 Å². The van der Waals surface area contributed by atoms with E-state index in [-0.39, 0.29) is 52.1 Å². The lowest BCUT2D eigenvalue weighted by Crippen LogP contribution is -2.64. The fraction of sp³-hybridized carbons (Fsp3) is 0.907. The average molecular weight is 813 g/mol. The van der Waals surface area contributed by atoms with Gasteiger partial charge in [0.05, 0.1) is 31.5 Å². The van der Waals surface area contributed by atoms with Crippen LogP contribution in [0.3, 0.4) is 0 Å². The topological polar surface area (TPSA) is 228 Å². The van der Waals surface area contributed by atoms with Crippen LogP contribution in [-0.4, -0.2) is 152 Å². The van der Waals surface area contributed by atoms with Gasteiger partial charge in [-0.3, -0.25) is 0 Å². The monoisotopic (exact) mass is 812 g/mol. The van der Waals surface area contributed by atoms with Crippen LogP contribution in [0.25, 0.3) is 0 Å². The van der Waals surface area contributed by atoms with E-state index in [1.807, 2.05) is 13.8 Å². The van der Waals surface area contributed by atoms with E-state index in [4.69, 9.17) is 23.7 Å². The van der Waals surface area contributed by atoms with Gasteiger partial charge in [-0.15, -0.1) is 0 Å². The molecule has 0 aromatic rings. The highest BCUT2D eigenvalue weighted by Gasteiger charge is 2.70. The molecule has 14 heteroatoms. The van der Waals surface area contributed by atoms with Gasteiger partial charge in [-0.1, -0.05) is 64.8 Å². The third-order valence-electron chi connectivity index (χ3n) is 16.4. The van der Waals surface area contributed by atoms with Gasteiger partial charge >= 0.3 is 0 Å². The molecule has 0 aromatic heterocycles. The summed E-state index contributed by atoms with van der Waals surface area (Å²) >= 11 is 0. The second-order valence-corrected chi connectivity index (χ2v) is 19.9. The molecule has 0 radical (unpaired) electrons. The van der Waals surface area contributed by atoms with Crippen molar-refractivity contribution in [3.63, 3.8) is 0 Å². The van der Waals surface area contributed by atoms with Crippen molar-refractivity contribution in [2.24, 2.45) is 45.3 Å². The first-order valence-corrected chi connectivity index (χ1v) is 21.1. The van der Waals surface area contributed by atoms with E-state index in [0.29, 0.717) is 6.42 Å². The summed E-state index contributed by atoms with van der Waals surface area (Å²) in [6, 6.07) is 0. The van der Waals surface area contributed by atoms with Gasteiger partial charge in [0.15, 0.2) is 12.6 Å². The van der Waals surface area contributed by atoms with Gasteiger partial charge in [-0.25, -0.2) is 0 Å². The van der Waals surface area contributed by atoms with Crippen LogP contribution < -0.4 is 0 Å². The maximum atomic E-state index is 12.2. The second-order valence-electron chi connectivity index (χ2n) is 19.9.